The van der Waals surface area contributed by atoms with Gasteiger partial charge in [-0.25, -0.2) is 4.98 Å². The number of aliphatic carboxylic acids is 1. The predicted molar refractivity (Wildman–Crippen MR) is 77.7 cm³/mol. The van der Waals surface area contributed by atoms with Gasteiger partial charge in [0.05, 0.1) is 17.8 Å². The van der Waals surface area contributed by atoms with Crippen molar-refractivity contribution in [3.05, 3.63) is 33.7 Å². The number of hydrogen-bond donors (Lipinski definition) is 1. The van der Waals surface area contributed by atoms with E-state index in [-0.39, 0.29) is 11.8 Å². The lowest BCUT2D eigenvalue weighted by Crippen LogP contribution is -2.17. The van der Waals surface area contributed by atoms with Crippen LogP contribution in [0.3, 0.4) is 0 Å². The number of pyridine rings is 1. The standard InChI is InChI=1S/C14H17BrN2O2/c1-8-5-9(15)7-17-10(6-11(18)19)12(14(2,3)4)16-13(8)17/h5,7H,6H2,1-4H3,(H,18,19). The molecule has 4 nitrogen and oxygen atoms in total. The smallest absolute Gasteiger partial charge is 0.309 e. The molecule has 0 saturated carbocycles. The topological polar surface area (TPSA) is 54.6 Å². The van der Waals surface area contributed by atoms with Gasteiger partial charge >= 0.3 is 5.97 Å². The summed E-state index contributed by atoms with van der Waals surface area (Å²) >= 11 is 3.45. The van der Waals surface area contributed by atoms with E-state index in [2.05, 4.69) is 20.9 Å². The van der Waals surface area contributed by atoms with Crippen molar-refractivity contribution in [2.45, 2.75) is 39.5 Å². The van der Waals surface area contributed by atoms with Gasteiger partial charge in [-0.2, -0.15) is 0 Å². The van der Waals surface area contributed by atoms with Gasteiger partial charge in [-0.05, 0) is 34.5 Å². The van der Waals surface area contributed by atoms with Gasteiger partial charge in [0.15, 0.2) is 0 Å². The Bertz CT molecular complexity index is 653. The summed E-state index contributed by atoms with van der Waals surface area (Å²) in [6.07, 6.45) is 1.85. The number of halogens is 1. The summed E-state index contributed by atoms with van der Waals surface area (Å²) in [6.45, 7) is 8.11. The molecule has 19 heavy (non-hydrogen) atoms. The lowest BCUT2D eigenvalue weighted by atomic mass is 9.90. The summed E-state index contributed by atoms with van der Waals surface area (Å²) in [5, 5.41) is 9.12. The van der Waals surface area contributed by atoms with E-state index >= 15 is 0 Å². The second-order valence-corrected chi connectivity index (χ2v) is 6.68. The quantitative estimate of drug-likeness (QED) is 0.921. The van der Waals surface area contributed by atoms with Crippen LogP contribution in [0.4, 0.5) is 0 Å². The summed E-state index contributed by atoms with van der Waals surface area (Å²) in [7, 11) is 0. The van der Waals surface area contributed by atoms with Gasteiger partial charge < -0.3 is 9.51 Å². The van der Waals surface area contributed by atoms with E-state index in [1.165, 1.54) is 0 Å². The van der Waals surface area contributed by atoms with Crippen LogP contribution in [0.5, 0.6) is 0 Å². The van der Waals surface area contributed by atoms with Gasteiger partial charge in [0, 0.05) is 16.1 Å². The lowest BCUT2D eigenvalue weighted by molar-refractivity contribution is -0.136. The number of rotatable bonds is 2. The van der Waals surface area contributed by atoms with Crippen LogP contribution < -0.4 is 0 Å². The number of aromatic nitrogens is 2. The molecule has 0 aromatic carbocycles. The summed E-state index contributed by atoms with van der Waals surface area (Å²) in [6, 6.07) is 1.99. The maximum absolute atomic E-state index is 11.1. The zero-order valence-electron chi connectivity index (χ0n) is 11.5. The van der Waals surface area contributed by atoms with Crippen LogP contribution in [0.15, 0.2) is 16.7 Å². The van der Waals surface area contributed by atoms with E-state index in [1.54, 1.807) is 0 Å². The molecule has 0 fully saturated rings. The van der Waals surface area contributed by atoms with Gasteiger partial charge in [0.1, 0.15) is 5.65 Å². The predicted octanol–water partition coefficient (Wildman–Crippen LogP) is 3.33. The molecule has 2 aromatic rings. The normalized spacial score (nSPS) is 12.1. The van der Waals surface area contributed by atoms with Gasteiger partial charge in [0.2, 0.25) is 0 Å². The van der Waals surface area contributed by atoms with E-state index in [4.69, 9.17) is 5.11 Å². The molecule has 1 N–H and O–H groups in total. The Kier molecular flexibility index (Phi) is 3.43. The van der Waals surface area contributed by atoms with Crippen LogP contribution in [-0.2, 0) is 16.6 Å². The highest BCUT2D eigenvalue weighted by Crippen LogP contribution is 2.29. The molecule has 2 heterocycles. The fourth-order valence-corrected chi connectivity index (χ4v) is 2.78. The van der Waals surface area contributed by atoms with Crippen LogP contribution in [-0.4, -0.2) is 20.5 Å². The number of fused-ring (bicyclic) bond motifs is 1. The molecule has 0 unspecified atom stereocenters. The molecule has 0 spiro atoms. The van der Waals surface area contributed by atoms with E-state index in [9.17, 15) is 4.79 Å². The molecular weight excluding hydrogens is 308 g/mol. The SMILES string of the molecule is Cc1cc(Br)cn2c(CC(=O)O)c(C(C)(C)C)nc12. The Hall–Kier alpha value is -1.36. The molecule has 0 aliphatic heterocycles. The molecule has 0 amide bonds. The van der Waals surface area contributed by atoms with E-state index in [0.717, 1.165) is 27.1 Å². The monoisotopic (exact) mass is 324 g/mol. The number of hydrogen-bond acceptors (Lipinski definition) is 2. The van der Waals surface area contributed by atoms with Crippen molar-refractivity contribution in [1.82, 2.24) is 9.38 Å². The van der Waals surface area contributed by atoms with Crippen molar-refractivity contribution in [1.29, 1.82) is 0 Å². The molecule has 0 radical (unpaired) electrons. The van der Waals surface area contributed by atoms with Crippen molar-refractivity contribution in [3.8, 4) is 0 Å². The summed E-state index contributed by atoms with van der Waals surface area (Å²) < 4.78 is 2.80. The highest BCUT2D eigenvalue weighted by atomic mass is 79.9. The van der Waals surface area contributed by atoms with Crippen molar-refractivity contribution in [2.24, 2.45) is 0 Å². The molecule has 0 saturated heterocycles. The lowest BCUT2D eigenvalue weighted by Gasteiger charge is -2.17. The third kappa shape index (κ3) is 2.66. The van der Waals surface area contributed by atoms with Crippen LogP contribution in [0.2, 0.25) is 0 Å². The molecule has 102 valence electrons. The van der Waals surface area contributed by atoms with E-state index in [1.807, 2.05) is 44.4 Å². The molecule has 2 rings (SSSR count). The maximum atomic E-state index is 11.1. The average molecular weight is 325 g/mol. The van der Waals surface area contributed by atoms with E-state index < -0.39 is 5.97 Å². The fraction of sp³-hybridized carbons (Fsp3) is 0.429. The Balaban J connectivity index is 2.81. The zero-order chi connectivity index (χ0) is 14.4. The Morgan fingerprint density at radius 1 is 1.47 bits per heavy atom. The van der Waals surface area contributed by atoms with Crippen molar-refractivity contribution < 1.29 is 9.90 Å². The maximum Gasteiger partial charge on any atom is 0.309 e. The number of imidazole rings is 1. The summed E-state index contributed by atoms with van der Waals surface area (Å²) in [5.74, 6) is -0.843. The first-order valence-electron chi connectivity index (χ1n) is 6.09. The zero-order valence-corrected chi connectivity index (χ0v) is 13.1. The summed E-state index contributed by atoms with van der Waals surface area (Å²) in [4.78, 5) is 15.8. The highest BCUT2D eigenvalue weighted by Gasteiger charge is 2.25. The fourth-order valence-electron chi connectivity index (χ4n) is 2.23. The number of carbonyl (C=O) groups is 1. The largest absolute Gasteiger partial charge is 0.481 e. The molecule has 0 atom stereocenters. The second-order valence-electron chi connectivity index (χ2n) is 5.76. The van der Waals surface area contributed by atoms with Gasteiger partial charge in [0.25, 0.3) is 0 Å². The Morgan fingerprint density at radius 3 is 2.63 bits per heavy atom. The Morgan fingerprint density at radius 2 is 2.11 bits per heavy atom. The minimum atomic E-state index is -0.843. The molecule has 5 heteroatoms. The van der Waals surface area contributed by atoms with E-state index in [0.29, 0.717) is 0 Å². The third-order valence-corrected chi connectivity index (χ3v) is 3.43. The third-order valence-electron chi connectivity index (χ3n) is 3.00. The highest BCUT2D eigenvalue weighted by molar-refractivity contribution is 9.10. The number of carboxylic acids is 1. The van der Waals surface area contributed by atoms with Crippen LogP contribution in [0.1, 0.15) is 37.7 Å². The first-order valence-corrected chi connectivity index (χ1v) is 6.89. The number of nitrogens with zero attached hydrogens (tertiary/aromatic N) is 2. The summed E-state index contributed by atoms with van der Waals surface area (Å²) in [5.41, 5.74) is 3.26. The van der Waals surface area contributed by atoms with Gasteiger partial charge in [-0.1, -0.05) is 20.8 Å². The minimum Gasteiger partial charge on any atom is -0.481 e. The molecule has 0 bridgehead atoms. The van der Waals surface area contributed by atoms with Crippen LogP contribution >= 0.6 is 15.9 Å². The average Bonchev–Trinajstić information content (AvgIpc) is 2.56. The van der Waals surface area contributed by atoms with Crippen molar-refractivity contribution >= 4 is 27.5 Å². The van der Waals surface area contributed by atoms with Crippen molar-refractivity contribution in [3.63, 3.8) is 0 Å². The molecule has 0 aliphatic rings. The molecule has 2 aromatic heterocycles. The first kappa shape index (κ1) is 14.1. The van der Waals surface area contributed by atoms with Gasteiger partial charge in [-0.3, -0.25) is 4.79 Å². The second kappa shape index (κ2) is 4.63. The van der Waals surface area contributed by atoms with Crippen LogP contribution in [0.25, 0.3) is 5.65 Å². The first-order chi connectivity index (χ1) is 8.70. The molecular formula is C14H17BrN2O2. The Labute approximate surface area is 120 Å². The van der Waals surface area contributed by atoms with Crippen LogP contribution in [0, 0.1) is 6.92 Å². The van der Waals surface area contributed by atoms with Crippen molar-refractivity contribution in [2.75, 3.05) is 0 Å². The number of carboxylic acid groups (broad SMARTS) is 1. The minimum absolute atomic E-state index is 0.0241. The number of aryl methyl sites for hydroxylation is 1. The van der Waals surface area contributed by atoms with Gasteiger partial charge in [-0.15, -0.1) is 0 Å². The molecule has 0 aliphatic carbocycles.